The molecule has 0 fully saturated rings. The van der Waals surface area contributed by atoms with Gasteiger partial charge in [0, 0.05) is 19.3 Å². The van der Waals surface area contributed by atoms with Crippen molar-refractivity contribution >= 4 is 23.3 Å². The molecule has 0 aliphatic rings. The molecule has 0 aliphatic carbocycles. The lowest BCUT2D eigenvalue weighted by Crippen LogP contribution is -2.02. The monoisotopic (exact) mass is 205 g/mol. The summed E-state index contributed by atoms with van der Waals surface area (Å²) >= 11 is 0. The van der Waals surface area contributed by atoms with Gasteiger partial charge in [-0.1, -0.05) is 0 Å². The number of nitrogen functional groups attached to an aromatic ring is 2. The minimum atomic E-state index is 0.140. The van der Waals surface area contributed by atoms with Crippen molar-refractivity contribution in [3.63, 3.8) is 0 Å². The Hall–Kier alpha value is -2.31. The van der Waals surface area contributed by atoms with Crippen molar-refractivity contribution in [1.29, 1.82) is 0 Å². The summed E-state index contributed by atoms with van der Waals surface area (Å²) in [5.74, 6) is 1.02. The van der Waals surface area contributed by atoms with Crippen LogP contribution in [0.15, 0.2) is 18.5 Å². The van der Waals surface area contributed by atoms with E-state index in [9.17, 15) is 0 Å². The van der Waals surface area contributed by atoms with Gasteiger partial charge in [-0.05, 0) is 0 Å². The van der Waals surface area contributed by atoms with Gasteiger partial charge in [0.25, 0.3) is 0 Å². The molecule has 0 aliphatic heterocycles. The van der Waals surface area contributed by atoms with E-state index in [1.54, 1.807) is 16.9 Å². The molecule has 0 aromatic carbocycles. The quantitative estimate of drug-likeness (QED) is 0.642. The molecule has 0 saturated carbocycles. The second-order valence-electron chi connectivity index (χ2n) is 3.06. The van der Waals surface area contributed by atoms with Gasteiger partial charge in [0.15, 0.2) is 0 Å². The van der Waals surface area contributed by atoms with Gasteiger partial charge >= 0.3 is 0 Å². The van der Waals surface area contributed by atoms with Gasteiger partial charge in [-0.2, -0.15) is 15.1 Å². The highest BCUT2D eigenvalue weighted by atomic mass is 15.3. The zero-order chi connectivity index (χ0) is 10.8. The molecule has 0 amide bonds. The Kier molecular flexibility index (Phi) is 2.13. The number of aromatic nitrogens is 4. The first-order valence-corrected chi connectivity index (χ1v) is 4.29. The number of nitrogens with two attached hydrogens (primary N) is 2. The Bertz CT molecular complexity index is 455. The average molecular weight is 205 g/mol. The maximum absolute atomic E-state index is 5.53. The number of nitrogens with zero attached hydrogens (tertiary/aromatic N) is 4. The van der Waals surface area contributed by atoms with E-state index >= 15 is 0 Å². The zero-order valence-electron chi connectivity index (χ0n) is 8.18. The molecule has 2 rings (SSSR count). The summed E-state index contributed by atoms with van der Waals surface area (Å²) in [6.07, 6.45) is 3.49. The lowest BCUT2D eigenvalue weighted by molar-refractivity contribution is 0.768. The number of aryl methyl sites for hydroxylation is 1. The fraction of sp³-hybridized carbons (Fsp3) is 0.125. The maximum Gasteiger partial charge on any atom is 0.223 e. The Labute approximate surface area is 86.1 Å². The van der Waals surface area contributed by atoms with Crippen molar-refractivity contribution in [2.45, 2.75) is 0 Å². The topological polar surface area (TPSA) is 108 Å². The van der Waals surface area contributed by atoms with Crippen LogP contribution in [0, 0.1) is 0 Å². The van der Waals surface area contributed by atoms with Crippen LogP contribution in [0.2, 0.25) is 0 Å². The molecular formula is C8H11N7. The third-order valence-corrected chi connectivity index (χ3v) is 1.74. The van der Waals surface area contributed by atoms with Crippen LogP contribution in [0.5, 0.6) is 0 Å². The smallest absolute Gasteiger partial charge is 0.223 e. The molecule has 0 unspecified atom stereocenters. The van der Waals surface area contributed by atoms with Crippen molar-refractivity contribution in [2.75, 3.05) is 16.8 Å². The normalized spacial score (nSPS) is 10.2. The predicted molar refractivity (Wildman–Crippen MR) is 57.3 cm³/mol. The van der Waals surface area contributed by atoms with Gasteiger partial charge in [-0.3, -0.25) is 4.68 Å². The molecule has 7 nitrogen and oxygen atoms in total. The average Bonchev–Trinajstić information content (AvgIpc) is 2.49. The SMILES string of the molecule is Cn1cc(Nc2cc(N)nc(N)n2)cn1. The van der Waals surface area contributed by atoms with E-state index in [2.05, 4.69) is 20.4 Å². The molecule has 7 heteroatoms. The first kappa shape index (κ1) is 9.25. The fourth-order valence-corrected chi connectivity index (χ4v) is 1.18. The first-order valence-electron chi connectivity index (χ1n) is 4.29. The number of anilines is 4. The van der Waals surface area contributed by atoms with Crippen LogP contribution in [0.3, 0.4) is 0 Å². The van der Waals surface area contributed by atoms with E-state index in [1.165, 1.54) is 0 Å². The molecule has 2 aromatic rings. The lowest BCUT2D eigenvalue weighted by atomic mass is 10.5. The zero-order valence-corrected chi connectivity index (χ0v) is 8.18. The van der Waals surface area contributed by atoms with Crippen molar-refractivity contribution in [1.82, 2.24) is 19.7 Å². The Balaban J connectivity index is 2.24. The molecule has 0 atom stereocenters. The van der Waals surface area contributed by atoms with Crippen LogP contribution in [-0.4, -0.2) is 19.7 Å². The van der Waals surface area contributed by atoms with Crippen LogP contribution >= 0.6 is 0 Å². The highest BCUT2D eigenvalue weighted by Crippen LogP contribution is 2.15. The maximum atomic E-state index is 5.53. The standard InChI is InChI=1S/C8H11N7/c1-15-4-5(3-11-15)12-7-2-6(9)13-8(10)14-7/h2-4H,1H3,(H5,9,10,12,13,14). The van der Waals surface area contributed by atoms with Gasteiger partial charge in [-0.25, -0.2) is 0 Å². The number of nitrogens with one attached hydrogen (secondary N) is 1. The van der Waals surface area contributed by atoms with Crippen LogP contribution in [-0.2, 0) is 7.05 Å². The van der Waals surface area contributed by atoms with E-state index in [0.717, 1.165) is 5.69 Å². The predicted octanol–water partition coefficient (Wildman–Crippen LogP) is 0.118. The number of hydrogen-bond acceptors (Lipinski definition) is 6. The largest absolute Gasteiger partial charge is 0.383 e. The highest BCUT2D eigenvalue weighted by Gasteiger charge is 2.01. The van der Waals surface area contributed by atoms with Crippen molar-refractivity contribution in [3.8, 4) is 0 Å². The van der Waals surface area contributed by atoms with E-state index in [1.807, 2.05) is 13.2 Å². The summed E-state index contributed by atoms with van der Waals surface area (Å²) < 4.78 is 1.68. The van der Waals surface area contributed by atoms with Crippen LogP contribution in [0.25, 0.3) is 0 Å². The summed E-state index contributed by atoms with van der Waals surface area (Å²) in [7, 11) is 1.83. The Morgan fingerprint density at radius 2 is 2.13 bits per heavy atom. The summed E-state index contributed by atoms with van der Waals surface area (Å²) in [4.78, 5) is 7.74. The van der Waals surface area contributed by atoms with Gasteiger partial charge < -0.3 is 16.8 Å². The third-order valence-electron chi connectivity index (χ3n) is 1.74. The minimum Gasteiger partial charge on any atom is -0.383 e. The van der Waals surface area contributed by atoms with Crippen molar-refractivity contribution in [3.05, 3.63) is 18.5 Å². The van der Waals surface area contributed by atoms with Gasteiger partial charge in [0.1, 0.15) is 11.6 Å². The Morgan fingerprint density at radius 3 is 2.73 bits per heavy atom. The van der Waals surface area contributed by atoms with Crippen LogP contribution in [0.4, 0.5) is 23.3 Å². The van der Waals surface area contributed by atoms with Crippen molar-refractivity contribution in [2.24, 2.45) is 7.05 Å². The van der Waals surface area contributed by atoms with Gasteiger partial charge in [-0.15, -0.1) is 0 Å². The molecule has 0 radical (unpaired) electrons. The lowest BCUT2D eigenvalue weighted by Gasteiger charge is -2.03. The first-order chi connectivity index (χ1) is 7.13. The van der Waals surface area contributed by atoms with Gasteiger partial charge in [0.2, 0.25) is 5.95 Å². The van der Waals surface area contributed by atoms with E-state index in [-0.39, 0.29) is 5.95 Å². The third kappa shape index (κ3) is 2.13. The summed E-state index contributed by atoms with van der Waals surface area (Å²) in [6.45, 7) is 0. The fourth-order valence-electron chi connectivity index (χ4n) is 1.18. The van der Waals surface area contributed by atoms with E-state index in [4.69, 9.17) is 11.5 Å². The number of hydrogen-bond donors (Lipinski definition) is 3. The molecule has 78 valence electrons. The number of rotatable bonds is 2. The molecule has 0 bridgehead atoms. The molecule has 2 heterocycles. The summed E-state index contributed by atoms with van der Waals surface area (Å²) in [5, 5.41) is 7.02. The summed E-state index contributed by atoms with van der Waals surface area (Å²) in [5.41, 5.74) is 11.8. The Morgan fingerprint density at radius 1 is 1.33 bits per heavy atom. The summed E-state index contributed by atoms with van der Waals surface area (Å²) in [6, 6.07) is 1.60. The highest BCUT2D eigenvalue weighted by molar-refractivity contribution is 5.58. The second kappa shape index (κ2) is 3.45. The van der Waals surface area contributed by atoms with E-state index in [0.29, 0.717) is 11.6 Å². The molecule has 0 spiro atoms. The second-order valence-corrected chi connectivity index (χ2v) is 3.06. The minimum absolute atomic E-state index is 0.140. The molecule has 5 N–H and O–H groups in total. The van der Waals surface area contributed by atoms with Crippen LogP contribution < -0.4 is 16.8 Å². The van der Waals surface area contributed by atoms with Crippen molar-refractivity contribution < 1.29 is 0 Å². The molecule has 15 heavy (non-hydrogen) atoms. The molecular weight excluding hydrogens is 194 g/mol. The molecule has 0 saturated heterocycles. The van der Waals surface area contributed by atoms with E-state index < -0.39 is 0 Å². The van der Waals surface area contributed by atoms with Gasteiger partial charge in [0.05, 0.1) is 11.9 Å². The van der Waals surface area contributed by atoms with Crippen LogP contribution in [0.1, 0.15) is 0 Å². The molecule has 2 aromatic heterocycles.